The molecule has 1 heterocycles. The molecule has 1 aliphatic heterocycles. The summed E-state index contributed by atoms with van der Waals surface area (Å²) in [5.74, 6) is -1.81. The van der Waals surface area contributed by atoms with Gasteiger partial charge in [-0.2, -0.15) is 0 Å². The van der Waals surface area contributed by atoms with Crippen molar-refractivity contribution in [3.63, 3.8) is 0 Å². The fraction of sp³-hybridized carbons (Fsp3) is 0.400. The topological polar surface area (TPSA) is 95.9 Å². The monoisotopic (exact) mass is 454 g/mol. The van der Waals surface area contributed by atoms with Gasteiger partial charge in [0.05, 0.1) is 6.67 Å². The Morgan fingerprint density at radius 1 is 1.09 bits per heavy atom. The number of amides is 2. The van der Waals surface area contributed by atoms with E-state index in [4.69, 9.17) is 9.84 Å². The van der Waals surface area contributed by atoms with E-state index in [1.807, 2.05) is 48.5 Å². The van der Waals surface area contributed by atoms with E-state index in [1.54, 1.807) is 0 Å². The minimum atomic E-state index is -1.06. The van der Waals surface area contributed by atoms with Crippen molar-refractivity contribution in [1.82, 2.24) is 10.2 Å². The Labute approximate surface area is 191 Å². The fourth-order valence-electron chi connectivity index (χ4n) is 4.69. The molecule has 2 aliphatic rings. The molecule has 8 heteroatoms. The Kier molecular flexibility index (Phi) is 6.91. The first-order valence-electron chi connectivity index (χ1n) is 11.2. The van der Waals surface area contributed by atoms with Crippen LogP contribution < -0.4 is 5.32 Å². The van der Waals surface area contributed by atoms with Gasteiger partial charge >= 0.3 is 12.1 Å². The molecule has 33 heavy (non-hydrogen) atoms. The van der Waals surface area contributed by atoms with E-state index >= 15 is 0 Å². The SMILES string of the molecule is O=C(O)CCC(NC(=O)OCC1c2ccccc2-c2ccccc21)C(=O)N1CCC(CF)C1. The lowest BCUT2D eigenvalue weighted by Gasteiger charge is -2.24. The number of carboxylic acid groups (broad SMARTS) is 1. The number of rotatable bonds is 8. The predicted octanol–water partition coefficient (Wildman–Crippen LogP) is 3.58. The van der Waals surface area contributed by atoms with E-state index in [0.717, 1.165) is 22.3 Å². The van der Waals surface area contributed by atoms with Crippen LogP contribution in [0.2, 0.25) is 0 Å². The second kappa shape index (κ2) is 10.0. The van der Waals surface area contributed by atoms with Crippen molar-refractivity contribution in [2.45, 2.75) is 31.2 Å². The number of likely N-dealkylation sites (tertiary alicyclic amines) is 1. The summed E-state index contributed by atoms with van der Waals surface area (Å²) in [6.07, 6.45) is -0.559. The van der Waals surface area contributed by atoms with Crippen LogP contribution >= 0.6 is 0 Å². The molecule has 2 aromatic rings. The van der Waals surface area contributed by atoms with Crippen LogP contribution in [-0.4, -0.2) is 60.4 Å². The Bertz CT molecular complexity index is 997. The minimum absolute atomic E-state index is 0.0604. The van der Waals surface area contributed by atoms with Gasteiger partial charge in [-0.25, -0.2) is 4.79 Å². The molecule has 2 N–H and O–H groups in total. The van der Waals surface area contributed by atoms with Gasteiger partial charge < -0.3 is 20.1 Å². The molecule has 2 amide bonds. The Hall–Kier alpha value is -3.42. The number of aliphatic carboxylic acids is 1. The van der Waals surface area contributed by atoms with Gasteiger partial charge in [-0.3, -0.25) is 14.0 Å². The molecule has 0 bridgehead atoms. The van der Waals surface area contributed by atoms with Crippen molar-refractivity contribution < 1.29 is 28.6 Å². The lowest BCUT2D eigenvalue weighted by atomic mass is 9.98. The van der Waals surface area contributed by atoms with Gasteiger partial charge in [0.15, 0.2) is 0 Å². The van der Waals surface area contributed by atoms with Crippen molar-refractivity contribution in [3.8, 4) is 11.1 Å². The van der Waals surface area contributed by atoms with Crippen LogP contribution in [0.3, 0.4) is 0 Å². The molecular weight excluding hydrogens is 427 g/mol. The molecule has 2 aromatic carbocycles. The third-order valence-corrected chi connectivity index (χ3v) is 6.40. The van der Waals surface area contributed by atoms with Gasteiger partial charge in [-0.05, 0) is 35.1 Å². The lowest BCUT2D eigenvalue weighted by molar-refractivity contribution is -0.137. The molecule has 0 spiro atoms. The molecule has 4 rings (SSSR count). The van der Waals surface area contributed by atoms with E-state index in [-0.39, 0.29) is 37.8 Å². The molecular formula is C25H27FN2O5. The van der Waals surface area contributed by atoms with Crippen LogP contribution in [0.15, 0.2) is 48.5 Å². The lowest BCUT2D eigenvalue weighted by Crippen LogP contribution is -2.48. The smallest absolute Gasteiger partial charge is 0.407 e. The van der Waals surface area contributed by atoms with E-state index in [1.165, 1.54) is 4.90 Å². The Morgan fingerprint density at radius 2 is 1.73 bits per heavy atom. The maximum absolute atomic E-state index is 13.0. The third kappa shape index (κ3) is 4.99. The fourth-order valence-corrected chi connectivity index (χ4v) is 4.69. The predicted molar refractivity (Wildman–Crippen MR) is 120 cm³/mol. The third-order valence-electron chi connectivity index (χ3n) is 6.40. The normalized spacial score (nSPS) is 17.8. The Balaban J connectivity index is 1.41. The highest BCUT2D eigenvalue weighted by Gasteiger charge is 2.33. The summed E-state index contributed by atoms with van der Waals surface area (Å²) in [6, 6.07) is 14.9. The standard InChI is InChI=1S/C25H27FN2O5/c26-13-16-11-12-28(14-16)24(31)22(9-10-23(29)30)27-25(32)33-15-21-19-7-3-1-5-17(19)18-6-2-4-8-20(18)21/h1-8,16,21-22H,9-15H2,(H,27,32)(H,29,30). The van der Waals surface area contributed by atoms with Crippen LogP contribution in [0.4, 0.5) is 9.18 Å². The Morgan fingerprint density at radius 3 is 2.30 bits per heavy atom. The molecule has 0 aromatic heterocycles. The number of hydrogen-bond acceptors (Lipinski definition) is 4. The molecule has 1 aliphatic carbocycles. The first kappa shape index (κ1) is 22.8. The van der Waals surface area contributed by atoms with Crippen molar-refractivity contribution in [2.75, 3.05) is 26.4 Å². The summed E-state index contributed by atoms with van der Waals surface area (Å²) < 4.78 is 18.5. The number of fused-ring (bicyclic) bond motifs is 3. The van der Waals surface area contributed by atoms with Crippen molar-refractivity contribution >= 4 is 18.0 Å². The van der Waals surface area contributed by atoms with Crippen molar-refractivity contribution in [2.24, 2.45) is 5.92 Å². The van der Waals surface area contributed by atoms with E-state index in [0.29, 0.717) is 13.0 Å². The maximum Gasteiger partial charge on any atom is 0.407 e. The van der Waals surface area contributed by atoms with Crippen LogP contribution in [0.5, 0.6) is 0 Å². The zero-order chi connectivity index (χ0) is 23.4. The summed E-state index contributed by atoms with van der Waals surface area (Å²) in [5, 5.41) is 11.6. The van der Waals surface area contributed by atoms with Crippen LogP contribution in [-0.2, 0) is 14.3 Å². The number of nitrogens with one attached hydrogen (secondary N) is 1. The van der Waals surface area contributed by atoms with Gasteiger partial charge in [-0.15, -0.1) is 0 Å². The van der Waals surface area contributed by atoms with Crippen LogP contribution in [0.1, 0.15) is 36.3 Å². The van der Waals surface area contributed by atoms with Gasteiger partial charge in [0.1, 0.15) is 12.6 Å². The number of ether oxygens (including phenoxy) is 1. The zero-order valence-corrected chi connectivity index (χ0v) is 18.2. The van der Waals surface area contributed by atoms with E-state index in [9.17, 15) is 18.8 Å². The maximum atomic E-state index is 13.0. The summed E-state index contributed by atoms with van der Waals surface area (Å²) in [5.41, 5.74) is 4.35. The molecule has 174 valence electrons. The molecule has 7 nitrogen and oxygen atoms in total. The quantitative estimate of drug-likeness (QED) is 0.636. The molecule has 0 saturated carbocycles. The summed E-state index contributed by atoms with van der Waals surface area (Å²) in [6.45, 7) is 0.241. The number of halogens is 1. The molecule has 1 saturated heterocycles. The molecule has 2 atom stereocenters. The number of alkyl halides is 1. The zero-order valence-electron chi connectivity index (χ0n) is 18.2. The number of alkyl carbamates (subject to hydrolysis) is 1. The number of carboxylic acids is 1. The first-order valence-corrected chi connectivity index (χ1v) is 11.2. The van der Waals surface area contributed by atoms with Crippen molar-refractivity contribution in [1.29, 1.82) is 0 Å². The summed E-state index contributed by atoms with van der Waals surface area (Å²) in [4.78, 5) is 38.0. The minimum Gasteiger partial charge on any atom is -0.481 e. The largest absolute Gasteiger partial charge is 0.481 e. The average Bonchev–Trinajstić information content (AvgIpc) is 3.43. The molecule has 2 unspecified atom stereocenters. The number of hydrogen-bond donors (Lipinski definition) is 2. The van der Waals surface area contributed by atoms with Gasteiger partial charge in [0.2, 0.25) is 5.91 Å². The first-order chi connectivity index (χ1) is 16.0. The number of carbonyl (C=O) groups is 3. The van der Waals surface area contributed by atoms with Gasteiger partial charge in [0, 0.05) is 31.3 Å². The van der Waals surface area contributed by atoms with Crippen LogP contribution in [0, 0.1) is 5.92 Å². The molecule has 0 radical (unpaired) electrons. The average molecular weight is 454 g/mol. The molecule has 1 fully saturated rings. The second-order valence-corrected chi connectivity index (χ2v) is 8.55. The summed E-state index contributed by atoms with van der Waals surface area (Å²) >= 11 is 0. The van der Waals surface area contributed by atoms with Gasteiger partial charge in [-0.1, -0.05) is 48.5 Å². The van der Waals surface area contributed by atoms with Crippen LogP contribution in [0.25, 0.3) is 11.1 Å². The number of carbonyl (C=O) groups excluding carboxylic acids is 2. The van der Waals surface area contributed by atoms with E-state index in [2.05, 4.69) is 5.32 Å². The van der Waals surface area contributed by atoms with Crippen molar-refractivity contribution in [3.05, 3.63) is 59.7 Å². The highest BCUT2D eigenvalue weighted by Crippen LogP contribution is 2.44. The van der Waals surface area contributed by atoms with E-state index < -0.39 is 30.7 Å². The number of nitrogens with zero attached hydrogens (tertiary/aromatic N) is 1. The summed E-state index contributed by atoms with van der Waals surface area (Å²) in [7, 11) is 0. The highest BCUT2D eigenvalue weighted by molar-refractivity contribution is 5.86. The highest BCUT2D eigenvalue weighted by atomic mass is 19.1. The van der Waals surface area contributed by atoms with Gasteiger partial charge in [0.25, 0.3) is 0 Å². The second-order valence-electron chi connectivity index (χ2n) is 8.55. The number of benzene rings is 2.